The number of thioether (sulfide) groups is 1. The highest BCUT2D eigenvalue weighted by atomic mass is 32.2. The zero-order valence-corrected chi connectivity index (χ0v) is 14.9. The molecule has 2 aromatic carbocycles. The first-order valence-corrected chi connectivity index (χ1v) is 8.80. The van der Waals surface area contributed by atoms with Gasteiger partial charge < -0.3 is 0 Å². The number of rotatable bonds is 1. The molecular weight excluding hydrogens is 338 g/mol. The average molecular weight is 354 g/mol. The minimum Gasteiger partial charge on any atom is -0.267 e. The van der Waals surface area contributed by atoms with Gasteiger partial charge in [0.25, 0.3) is 0 Å². The number of nitrogens with zero attached hydrogens (tertiary/aromatic N) is 2. The lowest BCUT2D eigenvalue weighted by atomic mass is 10.00. The highest BCUT2D eigenvalue weighted by Crippen LogP contribution is 2.43. The molecule has 0 amide bonds. The molecule has 0 bridgehead atoms. The Bertz CT molecular complexity index is 1040. The summed E-state index contributed by atoms with van der Waals surface area (Å²) in [7, 11) is 0. The lowest BCUT2D eigenvalue weighted by Crippen LogP contribution is -2.23. The second kappa shape index (κ2) is 5.63. The molecule has 1 aliphatic heterocycles. The van der Waals surface area contributed by atoms with Gasteiger partial charge >= 0.3 is 0 Å². The van der Waals surface area contributed by atoms with E-state index in [1.165, 1.54) is 17.8 Å². The third-order valence-electron chi connectivity index (χ3n) is 4.21. The Morgan fingerprint density at radius 2 is 1.88 bits per heavy atom. The van der Waals surface area contributed by atoms with E-state index in [4.69, 9.17) is 4.99 Å². The molecule has 0 saturated carbocycles. The van der Waals surface area contributed by atoms with Crippen LogP contribution in [-0.2, 0) is 0 Å². The monoisotopic (exact) mass is 354 g/mol. The molecule has 4 rings (SSSR count). The smallest absolute Gasteiger partial charge is 0.149 e. The molecular formula is C20H16F2N2S. The van der Waals surface area contributed by atoms with E-state index < -0.39 is 4.87 Å². The molecule has 0 fully saturated rings. The van der Waals surface area contributed by atoms with Gasteiger partial charge in [0.2, 0.25) is 0 Å². The molecule has 0 N–H and O–H groups in total. The van der Waals surface area contributed by atoms with Crippen molar-refractivity contribution in [3.63, 3.8) is 0 Å². The lowest BCUT2D eigenvalue weighted by molar-refractivity contribution is 0.588. The summed E-state index contributed by atoms with van der Waals surface area (Å²) < 4.78 is 28.6. The van der Waals surface area contributed by atoms with Gasteiger partial charge in [-0.1, -0.05) is 36.0 Å². The molecule has 0 radical (unpaired) electrons. The van der Waals surface area contributed by atoms with Gasteiger partial charge in [-0.05, 0) is 38.5 Å². The highest BCUT2D eigenvalue weighted by molar-refractivity contribution is 8.00. The van der Waals surface area contributed by atoms with Crippen LogP contribution in [0.1, 0.15) is 30.5 Å². The first-order valence-electron chi connectivity index (χ1n) is 7.99. The fourth-order valence-electron chi connectivity index (χ4n) is 3.02. The van der Waals surface area contributed by atoms with Crippen LogP contribution in [0.4, 0.5) is 8.78 Å². The molecule has 5 heteroatoms. The largest absolute Gasteiger partial charge is 0.267 e. The maximum absolute atomic E-state index is 14.7. The Morgan fingerprint density at radius 1 is 1.08 bits per heavy atom. The fraction of sp³-hybridized carbons (Fsp3) is 0.200. The number of aromatic nitrogens is 1. The Labute approximate surface area is 149 Å². The van der Waals surface area contributed by atoms with Crippen LogP contribution in [-0.4, -0.2) is 15.6 Å². The summed E-state index contributed by atoms with van der Waals surface area (Å²) >= 11 is 1.42. The molecule has 0 saturated heterocycles. The lowest BCUT2D eigenvalue weighted by Gasteiger charge is -2.29. The van der Waals surface area contributed by atoms with E-state index in [9.17, 15) is 8.78 Å². The maximum Gasteiger partial charge on any atom is 0.149 e. The molecule has 2 nitrogen and oxygen atoms in total. The van der Waals surface area contributed by atoms with Crippen LogP contribution in [0.5, 0.6) is 0 Å². The number of fused-ring (bicyclic) bond motifs is 2. The van der Waals surface area contributed by atoms with Gasteiger partial charge in [0.15, 0.2) is 0 Å². The van der Waals surface area contributed by atoms with Crippen LogP contribution in [0, 0.1) is 18.6 Å². The number of aryl methyl sites for hydroxylation is 1. The van der Waals surface area contributed by atoms with Crippen LogP contribution in [0.3, 0.4) is 0 Å². The van der Waals surface area contributed by atoms with Crippen molar-refractivity contribution < 1.29 is 8.78 Å². The second-order valence-electron chi connectivity index (χ2n) is 6.62. The van der Waals surface area contributed by atoms with E-state index in [1.54, 1.807) is 25.3 Å². The molecule has 126 valence electrons. The standard InChI is InChI=1S/C20H16F2N2S/c1-11-7-8-14-17(24-20(2,3)25-19(14)16(11)22)13-9-12-5-4-6-15(21)18(12)23-10-13/h4-10H,1-3H3. The summed E-state index contributed by atoms with van der Waals surface area (Å²) in [4.78, 5) is 9.18. The van der Waals surface area contributed by atoms with Crippen LogP contribution in [0.2, 0.25) is 0 Å². The summed E-state index contributed by atoms with van der Waals surface area (Å²) in [5, 5.41) is 0.699. The fourth-order valence-corrected chi connectivity index (χ4v) is 4.18. The minimum atomic E-state index is -0.492. The van der Waals surface area contributed by atoms with Crippen molar-refractivity contribution in [3.05, 3.63) is 70.9 Å². The van der Waals surface area contributed by atoms with Crippen molar-refractivity contribution in [2.24, 2.45) is 4.99 Å². The number of pyridine rings is 1. The minimum absolute atomic E-state index is 0.206. The number of hydrogen-bond acceptors (Lipinski definition) is 3. The van der Waals surface area contributed by atoms with Crippen molar-refractivity contribution in [2.45, 2.75) is 30.5 Å². The van der Waals surface area contributed by atoms with Gasteiger partial charge in [-0.25, -0.2) is 8.78 Å². The van der Waals surface area contributed by atoms with E-state index in [0.29, 0.717) is 27.1 Å². The molecule has 2 heterocycles. The highest BCUT2D eigenvalue weighted by Gasteiger charge is 2.31. The summed E-state index contributed by atoms with van der Waals surface area (Å²) in [6.45, 7) is 5.67. The quantitative estimate of drug-likeness (QED) is 0.576. The van der Waals surface area contributed by atoms with Crippen molar-refractivity contribution in [2.75, 3.05) is 0 Å². The van der Waals surface area contributed by atoms with E-state index >= 15 is 0 Å². The van der Waals surface area contributed by atoms with Crippen molar-refractivity contribution in [3.8, 4) is 0 Å². The van der Waals surface area contributed by atoms with Gasteiger partial charge in [0, 0.05) is 22.7 Å². The zero-order valence-electron chi connectivity index (χ0n) is 14.1. The molecule has 0 unspecified atom stereocenters. The molecule has 25 heavy (non-hydrogen) atoms. The molecule has 1 aliphatic rings. The number of para-hydroxylation sites is 1. The van der Waals surface area contributed by atoms with Crippen LogP contribution in [0.15, 0.2) is 52.5 Å². The summed E-state index contributed by atoms with van der Waals surface area (Å²) in [5.74, 6) is -0.560. The van der Waals surface area contributed by atoms with Crippen LogP contribution >= 0.6 is 11.8 Å². The normalized spacial score (nSPS) is 15.8. The van der Waals surface area contributed by atoms with Crippen molar-refractivity contribution in [1.29, 1.82) is 0 Å². The summed E-state index contributed by atoms with van der Waals surface area (Å²) in [5.41, 5.74) is 3.14. The Balaban J connectivity index is 1.96. The third-order valence-corrected chi connectivity index (χ3v) is 5.41. The number of aliphatic imine (C=N–C) groups is 1. The predicted octanol–water partition coefficient (Wildman–Crippen LogP) is 5.50. The van der Waals surface area contributed by atoms with Gasteiger partial charge in [0.05, 0.1) is 10.6 Å². The van der Waals surface area contributed by atoms with Gasteiger partial charge in [-0.15, -0.1) is 0 Å². The zero-order chi connectivity index (χ0) is 17.8. The Kier molecular flexibility index (Phi) is 3.65. The van der Waals surface area contributed by atoms with Crippen LogP contribution in [0.25, 0.3) is 10.9 Å². The molecule has 0 atom stereocenters. The molecule has 1 aromatic heterocycles. The van der Waals surface area contributed by atoms with E-state index in [2.05, 4.69) is 4.98 Å². The molecule has 0 aliphatic carbocycles. The van der Waals surface area contributed by atoms with Gasteiger partial charge in [-0.2, -0.15) is 0 Å². The van der Waals surface area contributed by atoms with Gasteiger partial charge in [0.1, 0.15) is 22.0 Å². The van der Waals surface area contributed by atoms with Crippen LogP contribution < -0.4 is 0 Å². The average Bonchev–Trinajstić information content (AvgIpc) is 2.57. The van der Waals surface area contributed by atoms with Gasteiger partial charge in [-0.3, -0.25) is 9.98 Å². The first kappa shape index (κ1) is 16.2. The SMILES string of the molecule is Cc1ccc2c(c1F)SC(C)(C)N=C2c1cnc2c(F)cccc2c1. The Morgan fingerprint density at radius 3 is 2.68 bits per heavy atom. The predicted molar refractivity (Wildman–Crippen MR) is 98.4 cm³/mol. The van der Waals surface area contributed by atoms with E-state index in [0.717, 1.165) is 11.1 Å². The van der Waals surface area contributed by atoms with E-state index in [-0.39, 0.29) is 11.6 Å². The topological polar surface area (TPSA) is 25.2 Å². The second-order valence-corrected chi connectivity index (χ2v) is 8.23. The number of halogens is 2. The van der Waals surface area contributed by atoms with Crippen molar-refractivity contribution >= 4 is 28.4 Å². The summed E-state index contributed by atoms with van der Waals surface area (Å²) in [6, 6.07) is 10.4. The molecule has 0 spiro atoms. The third kappa shape index (κ3) is 2.72. The summed E-state index contributed by atoms with van der Waals surface area (Å²) in [6.07, 6.45) is 1.61. The first-order chi connectivity index (χ1) is 11.9. The number of hydrogen-bond donors (Lipinski definition) is 0. The maximum atomic E-state index is 14.7. The molecule has 3 aromatic rings. The Hall–Kier alpha value is -2.27. The number of benzene rings is 2. The van der Waals surface area contributed by atoms with E-state index in [1.807, 2.05) is 32.0 Å². The van der Waals surface area contributed by atoms with Crippen molar-refractivity contribution in [1.82, 2.24) is 4.98 Å².